The zero-order chi connectivity index (χ0) is 15.7. The molecular formula is C16H28N4O. The molecule has 0 radical (unpaired) electrons. The highest BCUT2D eigenvalue weighted by Crippen LogP contribution is 2.12. The molecule has 0 heterocycles. The van der Waals surface area contributed by atoms with Gasteiger partial charge in [0.1, 0.15) is 0 Å². The number of aliphatic imine (C=N–C) groups is 1. The number of ether oxygens (including phenoxy) is 1. The van der Waals surface area contributed by atoms with Crippen LogP contribution in [0.4, 0.5) is 5.69 Å². The summed E-state index contributed by atoms with van der Waals surface area (Å²) >= 11 is 0. The third kappa shape index (κ3) is 6.49. The Morgan fingerprint density at radius 2 is 1.95 bits per heavy atom. The molecule has 0 fully saturated rings. The van der Waals surface area contributed by atoms with Crippen molar-refractivity contribution in [3.05, 3.63) is 29.8 Å². The molecule has 1 aromatic carbocycles. The lowest BCUT2D eigenvalue weighted by Gasteiger charge is -2.17. The van der Waals surface area contributed by atoms with Gasteiger partial charge in [0.25, 0.3) is 0 Å². The number of rotatable bonds is 7. The number of benzene rings is 1. The van der Waals surface area contributed by atoms with Crippen LogP contribution in [-0.4, -0.2) is 53.4 Å². The summed E-state index contributed by atoms with van der Waals surface area (Å²) in [6, 6.07) is 8.86. The summed E-state index contributed by atoms with van der Waals surface area (Å²) in [4.78, 5) is 6.31. The predicted molar refractivity (Wildman–Crippen MR) is 90.3 cm³/mol. The van der Waals surface area contributed by atoms with Crippen LogP contribution >= 0.6 is 0 Å². The Hall–Kier alpha value is -1.75. The molecule has 1 aromatic rings. The summed E-state index contributed by atoms with van der Waals surface area (Å²) in [7, 11) is 7.58. The number of guanidine groups is 1. The normalized spacial score (nSPS) is 12.9. The van der Waals surface area contributed by atoms with Crippen molar-refractivity contribution in [3.8, 4) is 0 Å². The van der Waals surface area contributed by atoms with Gasteiger partial charge in [0.15, 0.2) is 5.96 Å². The molecule has 0 aliphatic rings. The number of hydrogen-bond acceptors (Lipinski definition) is 3. The van der Waals surface area contributed by atoms with Gasteiger partial charge in [-0.15, -0.1) is 0 Å². The van der Waals surface area contributed by atoms with E-state index >= 15 is 0 Å². The molecule has 21 heavy (non-hydrogen) atoms. The summed E-state index contributed by atoms with van der Waals surface area (Å²) < 4.78 is 5.10. The van der Waals surface area contributed by atoms with Crippen LogP contribution in [0.5, 0.6) is 0 Å². The molecule has 0 amide bonds. The Balaban J connectivity index is 2.37. The SMILES string of the molecule is CN=C(NCCc1ccc(N(C)C)cc1)NC(C)COC. The lowest BCUT2D eigenvalue weighted by Crippen LogP contribution is -2.44. The lowest BCUT2D eigenvalue weighted by atomic mass is 10.1. The zero-order valence-electron chi connectivity index (χ0n) is 13.8. The topological polar surface area (TPSA) is 48.9 Å². The third-order valence-corrected chi connectivity index (χ3v) is 3.18. The summed E-state index contributed by atoms with van der Waals surface area (Å²) in [5, 5.41) is 6.60. The van der Waals surface area contributed by atoms with Gasteiger partial charge in [-0.3, -0.25) is 4.99 Å². The standard InChI is InChI=1S/C16H28N4O/c1-13(12-21-5)19-16(17-2)18-11-10-14-6-8-15(9-7-14)20(3)4/h6-9,13H,10-12H2,1-5H3,(H2,17,18,19). The van der Waals surface area contributed by atoms with Crippen molar-refractivity contribution in [2.45, 2.75) is 19.4 Å². The van der Waals surface area contributed by atoms with Crippen molar-refractivity contribution in [3.63, 3.8) is 0 Å². The third-order valence-electron chi connectivity index (χ3n) is 3.18. The quantitative estimate of drug-likeness (QED) is 0.590. The van der Waals surface area contributed by atoms with E-state index in [1.54, 1.807) is 14.2 Å². The Morgan fingerprint density at radius 1 is 1.29 bits per heavy atom. The van der Waals surface area contributed by atoms with Crippen LogP contribution in [0.15, 0.2) is 29.3 Å². The van der Waals surface area contributed by atoms with Crippen LogP contribution in [0.3, 0.4) is 0 Å². The van der Waals surface area contributed by atoms with E-state index in [1.165, 1.54) is 11.3 Å². The van der Waals surface area contributed by atoms with E-state index < -0.39 is 0 Å². The molecule has 0 spiro atoms. The van der Waals surface area contributed by atoms with Crippen molar-refractivity contribution in [2.75, 3.05) is 46.3 Å². The number of anilines is 1. The molecular weight excluding hydrogens is 264 g/mol. The highest BCUT2D eigenvalue weighted by atomic mass is 16.5. The highest BCUT2D eigenvalue weighted by molar-refractivity contribution is 5.79. The molecule has 5 heteroatoms. The van der Waals surface area contributed by atoms with Crippen LogP contribution < -0.4 is 15.5 Å². The van der Waals surface area contributed by atoms with Gasteiger partial charge in [0.05, 0.1) is 6.61 Å². The van der Waals surface area contributed by atoms with E-state index in [0.717, 1.165) is 18.9 Å². The molecule has 0 bridgehead atoms. The van der Waals surface area contributed by atoms with E-state index in [0.29, 0.717) is 6.61 Å². The first-order chi connectivity index (χ1) is 10.1. The van der Waals surface area contributed by atoms with E-state index in [2.05, 4.69) is 51.7 Å². The van der Waals surface area contributed by atoms with Gasteiger partial charge in [-0.05, 0) is 31.0 Å². The van der Waals surface area contributed by atoms with Gasteiger partial charge in [-0.2, -0.15) is 0 Å². The molecule has 0 saturated carbocycles. The van der Waals surface area contributed by atoms with Crippen LogP contribution in [0.25, 0.3) is 0 Å². The molecule has 5 nitrogen and oxygen atoms in total. The molecule has 0 aromatic heterocycles. The van der Waals surface area contributed by atoms with Gasteiger partial charge >= 0.3 is 0 Å². The Morgan fingerprint density at radius 3 is 2.48 bits per heavy atom. The first-order valence-corrected chi connectivity index (χ1v) is 7.29. The summed E-state index contributed by atoms with van der Waals surface area (Å²) in [6.07, 6.45) is 0.965. The minimum atomic E-state index is 0.237. The average Bonchev–Trinajstić information content (AvgIpc) is 2.47. The van der Waals surface area contributed by atoms with E-state index in [1.807, 2.05) is 14.1 Å². The van der Waals surface area contributed by atoms with E-state index in [-0.39, 0.29) is 6.04 Å². The van der Waals surface area contributed by atoms with Crippen LogP contribution in [0.1, 0.15) is 12.5 Å². The monoisotopic (exact) mass is 292 g/mol. The first-order valence-electron chi connectivity index (χ1n) is 7.29. The smallest absolute Gasteiger partial charge is 0.191 e. The van der Waals surface area contributed by atoms with Gasteiger partial charge in [0, 0.05) is 46.5 Å². The lowest BCUT2D eigenvalue weighted by molar-refractivity contribution is 0.179. The highest BCUT2D eigenvalue weighted by Gasteiger charge is 2.04. The van der Waals surface area contributed by atoms with Crippen molar-refractivity contribution in [1.82, 2.24) is 10.6 Å². The molecule has 0 aliphatic heterocycles. The average molecular weight is 292 g/mol. The maximum absolute atomic E-state index is 5.10. The first kappa shape index (κ1) is 17.3. The van der Waals surface area contributed by atoms with Gasteiger partial charge < -0.3 is 20.3 Å². The molecule has 2 N–H and O–H groups in total. The van der Waals surface area contributed by atoms with Crippen LogP contribution in [-0.2, 0) is 11.2 Å². The Bertz CT molecular complexity index is 428. The van der Waals surface area contributed by atoms with Crippen molar-refractivity contribution < 1.29 is 4.74 Å². The maximum atomic E-state index is 5.10. The van der Waals surface area contributed by atoms with E-state index in [4.69, 9.17) is 4.74 Å². The van der Waals surface area contributed by atoms with Gasteiger partial charge in [-0.1, -0.05) is 12.1 Å². The van der Waals surface area contributed by atoms with Crippen molar-refractivity contribution in [1.29, 1.82) is 0 Å². The molecule has 1 atom stereocenters. The molecule has 1 rings (SSSR count). The largest absolute Gasteiger partial charge is 0.383 e. The minimum Gasteiger partial charge on any atom is -0.383 e. The fourth-order valence-electron chi connectivity index (χ4n) is 2.01. The second kappa shape index (κ2) is 9.23. The van der Waals surface area contributed by atoms with E-state index in [9.17, 15) is 0 Å². The Kier molecular flexibility index (Phi) is 7.61. The molecule has 1 unspecified atom stereocenters. The molecule has 118 valence electrons. The second-order valence-corrected chi connectivity index (χ2v) is 5.31. The van der Waals surface area contributed by atoms with Gasteiger partial charge in [0.2, 0.25) is 0 Å². The van der Waals surface area contributed by atoms with Crippen LogP contribution in [0, 0.1) is 0 Å². The summed E-state index contributed by atoms with van der Waals surface area (Å²) in [5.74, 6) is 0.810. The van der Waals surface area contributed by atoms with Crippen LogP contribution in [0.2, 0.25) is 0 Å². The number of methoxy groups -OCH3 is 1. The predicted octanol–water partition coefficient (Wildman–Crippen LogP) is 1.49. The Labute approximate surface area is 128 Å². The summed E-state index contributed by atoms with van der Waals surface area (Å²) in [5.41, 5.74) is 2.53. The fourth-order valence-corrected chi connectivity index (χ4v) is 2.01. The molecule has 0 aliphatic carbocycles. The number of nitrogens with one attached hydrogen (secondary N) is 2. The van der Waals surface area contributed by atoms with Crippen molar-refractivity contribution >= 4 is 11.6 Å². The maximum Gasteiger partial charge on any atom is 0.191 e. The molecule has 0 saturated heterocycles. The van der Waals surface area contributed by atoms with Gasteiger partial charge in [-0.25, -0.2) is 0 Å². The number of nitrogens with zero attached hydrogens (tertiary/aromatic N) is 2. The summed E-state index contributed by atoms with van der Waals surface area (Å²) in [6.45, 7) is 3.57. The zero-order valence-corrected chi connectivity index (χ0v) is 13.8. The number of hydrogen-bond donors (Lipinski definition) is 2. The second-order valence-electron chi connectivity index (χ2n) is 5.31. The fraction of sp³-hybridized carbons (Fsp3) is 0.562. The van der Waals surface area contributed by atoms with Crippen molar-refractivity contribution in [2.24, 2.45) is 4.99 Å². The minimum absolute atomic E-state index is 0.237.